The van der Waals surface area contributed by atoms with Crippen molar-refractivity contribution in [3.05, 3.63) is 34.4 Å². The Morgan fingerprint density at radius 3 is 2.95 bits per heavy atom. The fourth-order valence-electron chi connectivity index (χ4n) is 1.63. The molecule has 0 fully saturated rings. The summed E-state index contributed by atoms with van der Waals surface area (Å²) in [6.07, 6.45) is 1.02. The quantitative estimate of drug-likeness (QED) is 0.909. The van der Waals surface area contributed by atoms with E-state index in [0.29, 0.717) is 11.5 Å². The van der Waals surface area contributed by atoms with Crippen LogP contribution in [0, 0.1) is 5.82 Å². The molecule has 0 spiro atoms. The Bertz CT molecular complexity index is 559. The third kappa shape index (κ3) is 3.39. The van der Waals surface area contributed by atoms with Gasteiger partial charge in [-0.05, 0) is 38.1 Å². The highest BCUT2D eigenvalue weighted by Crippen LogP contribution is 2.26. The highest BCUT2D eigenvalue weighted by molar-refractivity contribution is 9.10. The molecule has 1 N–H and O–H groups in total. The Hall–Kier alpha value is -1.27. The molecular formula is C13H15BrFN3O. The van der Waals surface area contributed by atoms with Crippen molar-refractivity contribution in [2.24, 2.45) is 0 Å². The summed E-state index contributed by atoms with van der Waals surface area (Å²) in [4.78, 5) is 0. The Morgan fingerprint density at radius 2 is 2.21 bits per heavy atom. The van der Waals surface area contributed by atoms with E-state index in [0.717, 1.165) is 17.4 Å². The Morgan fingerprint density at radius 1 is 1.42 bits per heavy atom. The van der Waals surface area contributed by atoms with Gasteiger partial charge in [0.1, 0.15) is 5.82 Å². The van der Waals surface area contributed by atoms with E-state index >= 15 is 0 Å². The molecule has 0 aliphatic rings. The Labute approximate surface area is 119 Å². The largest absolute Gasteiger partial charge is 0.419 e. The summed E-state index contributed by atoms with van der Waals surface area (Å²) in [5.41, 5.74) is 0.302. The lowest BCUT2D eigenvalue weighted by Crippen LogP contribution is -2.19. The van der Waals surface area contributed by atoms with Crippen molar-refractivity contribution >= 4 is 15.9 Å². The zero-order valence-electron chi connectivity index (χ0n) is 10.8. The van der Waals surface area contributed by atoms with E-state index in [1.165, 1.54) is 6.07 Å². The molecule has 0 aliphatic heterocycles. The monoisotopic (exact) mass is 327 g/mol. The predicted octanol–water partition coefficient (Wildman–Crippen LogP) is 3.70. The van der Waals surface area contributed by atoms with E-state index in [9.17, 15) is 4.39 Å². The van der Waals surface area contributed by atoms with Gasteiger partial charge in [0.15, 0.2) is 0 Å². The standard InChI is InChI=1S/C13H15BrFN3O/c1-3-6-16-8(2)12-17-18-13(19-12)10-7-9(14)4-5-11(10)15/h4-5,7-8,16H,3,6H2,1-2H3. The van der Waals surface area contributed by atoms with Crippen molar-refractivity contribution < 1.29 is 8.81 Å². The van der Waals surface area contributed by atoms with E-state index in [4.69, 9.17) is 4.42 Å². The zero-order valence-corrected chi connectivity index (χ0v) is 12.4. The molecule has 102 valence electrons. The van der Waals surface area contributed by atoms with Gasteiger partial charge in [0.2, 0.25) is 5.89 Å². The molecule has 0 bridgehead atoms. The van der Waals surface area contributed by atoms with Crippen LogP contribution in [0.5, 0.6) is 0 Å². The van der Waals surface area contributed by atoms with Crippen molar-refractivity contribution in [1.29, 1.82) is 0 Å². The van der Waals surface area contributed by atoms with Gasteiger partial charge in [-0.15, -0.1) is 10.2 Å². The summed E-state index contributed by atoms with van der Waals surface area (Å²) in [5.74, 6) is 0.273. The number of hydrogen-bond acceptors (Lipinski definition) is 4. The summed E-state index contributed by atoms with van der Waals surface area (Å²) in [7, 11) is 0. The third-order valence-corrected chi connectivity index (χ3v) is 3.16. The van der Waals surface area contributed by atoms with Crippen molar-refractivity contribution in [2.45, 2.75) is 26.3 Å². The number of aromatic nitrogens is 2. The molecule has 6 heteroatoms. The van der Waals surface area contributed by atoms with Gasteiger partial charge in [-0.2, -0.15) is 0 Å². The Kier molecular flexibility index (Phi) is 4.66. The number of hydrogen-bond donors (Lipinski definition) is 1. The van der Waals surface area contributed by atoms with E-state index in [2.05, 4.69) is 38.4 Å². The summed E-state index contributed by atoms with van der Waals surface area (Å²) in [6.45, 7) is 4.88. The maximum absolute atomic E-state index is 13.7. The van der Waals surface area contributed by atoms with Gasteiger partial charge in [0.25, 0.3) is 5.89 Å². The lowest BCUT2D eigenvalue weighted by Gasteiger charge is -2.07. The second kappa shape index (κ2) is 6.25. The van der Waals surface area contributed by atoms with Crippen LogP contribution in [0.4, 0.5) is 4.39 Å². The first-order valence-corrected chi connectivity index (χ1v) is 6.93. The molecule has 0 radical (unpaired) electrons. The van der Waals surface area contributed by atoms with Crippen molar-refractivity contribution in [2.75, 3.05) is 6.54 Å². The van der Waals surface area contributed by atoms with E-state index in [1.807, 2.05) is 6.92 Å². The molecule has 1 aromatic carbocycles. The SMILES string of the molecule is CCCNC(C)c1nnc(-c2cc(Br)ccc2F)o1. The molecule has 19 heavy (non-hydrogen) atoms. The van der Waals surface area contributed by atoms with E-state index in [1.54, 1.807) is 12.1 Å². The minimum absolute atomic E-state index is 0.0450. The number of benzene rings is 1. The highest BCUT2D eigenvalue weighted by Gasteiger charge is 2.16. The van der Waals surface area contributed by atoms with Gasteiger partial charge in [0, 0.05) is 4.47 Å². The summed E-state index contributed by atoms with van der Waals surface area (Å²) < 4.78 is 20.0. The normalized spacial score (nSPS) is 12.6. The van der Waals surface area contributed by atoms with E-state index < -0.39 is 0 Å². The maximum Gasteiger partial charge on any atom is 0.250 e. The molecule has 2 rings (SSSR count). The van der Waals surface area contributed by atoms with Gasteiger partial charge in [0.05, 0.1) is 11.6 Å². The minimum Gasteiger partial charge on any atom is -0.419 e. The first-order chi connectivity index (χ1) is 9.11. The Balaban J connectivity index is 2.23. The summed E-state index contributed by atoms with van der Waals surface area (Å²) in [5, 5.41) is 11.1. The maximum atomic E-state index is 13.7. The van der Waals surface area contributed by atoms with Crippen LogP contribution in [0.3, 0.4) is 0 Å². The minimum atomic E-state index is -0.382. The number of halogens is 2. The molecule has 1 atom stereocenters. The van der Waals surface area contributed by atoms with Crippen LogP contribution in [0.15, 0.2) is 27.1 Å². The molecule has 1 heterocycles. The zero-order chi connectivity index (χ0) is 13.8. The molecular weight excluding hydrogens is 313 g/mol. The number of nitrogens with zero attached hydrogens (tertiary/aromatic N) is 2. The predicted molar refractivity (Wildman–Crippen MR) is 74.1 cm³/mol. The van der Waals surface area contributed by atoms with Gasteiger partial charge in [-0.1, -0.05) is 22.9 Å². The van der Waals surface area contributed by atoms with Crippen LogP contribution in [0.2, 0.25) is 0 Å². The van der Waals surface area contributed by atoms with Crippen molar-refractivity contribution in [1.82, 2.24) is 15.5 Å². The molecule has 0 aliphatic carbocycles. The fourth-order valence-corrected chi connectivity index (χ4v) is 1.99. The molecule has 2 aromatic rings. The molecule has 0 saturated carbocycles. The first kappa shape index (κ1) is 14.1. The van der Waals surface area contributed by atoms with Crippen LogP contribution in [-0.4, -0.2) is 16.7 Å². The summed E-state index contributed by atoms with van der Waals surface area (Å²) in [6, 6.07) is 4.57. The van der Waals surface area contributed by atoms with Crippen LogP contribution in [-0.2, 0) is 0 Å². The number of nitrogens with one attached hydrogen (secondary N) is 1. The lowest BCUT2D eigenvalue weighted by atomic mass is 10.2. The average Bonchev–Trinajstić information content (AvgIpc) is 2.88. The highest BCUT2D eigenvalue weighted by atomic mass is 79.9. The van der Waals surface area contributed by atoms with Gasteiger partial charge in [-0.25, -0.2) is 4.39 Å². The first-order valence-electron chi connectivity index (χ1n) is 6.14. The second-order valence-corrected chi connectivity index (χ2v) is 5.16. The van der Waals surface area contributed by atoms with Crippen LogP contribution in [0.1, 0.15) is 32.2 Å². The fraction of sp³-hybridized carbons (Fsp3) is 0.385. The average molecular weight is 328 g/mol. The lowest BCUT2D eigenvalue weighted by molar-refractivity contribution is 0.422. The summed E-state index contributed by atoms with van der Waals surface area (Å²) >= 11 is 3.29. The topological polar surface area (TPSA) is 51.0 Å². The molecule has 4 nitrogen and oxygen atoms in total. The van der Waals surface area contributed by atoms with Crippen LogP contribution in [0.25, 0.3) is 11.5 Å². The van der Waals surface area contributed by atoms with E-state index in [-0.39, 0.29) is 17.7 Å². The molecule has 0 amide bonds. The van der Waals surface area contributed by atoms with Gasteiger partial charge < -0.3 is 9.73 Å². The van der Waals surface area contributed by atoms with Crippen molar-refractivity contribution in [3.8, 4) is 11.5 Å². The van der Waals surface area contributed by atoms with Crippen molar-refractivity contribution in [3.63, 3.8) is 0 Å². The van der Waals surface area contributed by atoms with Crippen LogP contribution >= 0.6 is 15.9 Å². The van der Waals surface area contributed by atoms with Gasteiger partial charge >= 0.3 is 0 Å². The smallest absolute Gasteiger partial charge is 0.250 e. The molecule has 1 aromatic heterocycles. The molecule has 1 unspecified atom stereocenters. The second-order valence-electron chi connectivity index (χ2n) is 4.25. The van der Waals surface area contributed by atoms with Crippen LogP contribution < -0.4 is 5.32 Å². The van der Waals surface area contributed by atoms with Gasteiger partial charge in [-0.3, -0.25) is 0 Å². The number of rotatable bonds is 5. The third-order valence-electron chi connectivity index (χ3n) is 2.67. The molecule has 0 saturated heterocycles.